The maximum atomic E-state index is 4.87. The van der Waals surface area contributed by atoms with Gasteiger partial charge in [-0.05, 0) is 0 Å². The van der Waals surface area contributed by atoms with Crippen LogP contribution in [0.5, 0.6) is 0 Å². The first-order chi connectivity index (χ1) is 10.2. The number of nitrogens with zero attached hydrogens (tertiary/aromatic N) is 2. The molecule has 2 unspecified atom stereocenters. The van der Waals surface area contributed by atoms with Gasteiger partial charge < -0.3 is 0 Å². The summed E-state index contributed by atoms with van der Waals surface area (Å²) in [4.78, 5) is 7.21. The van der Waals surface area contributed by atoms with Gasteiger partial charge in [0.05, 0.1) is 0 Å². The molecule has 0 saturated heterocycles. The monoisotopic (exact) mass is 342 g/mol. The Bertz CT molecular complexity index is 664. The molecule has 3 rings (SSSR count). The van der Waals surface area contributed by atoms with Gasteiger partial charge in [0, 0.05) is 0 Å². The summed E-state index contributed by atoms with van der Waals surface area (Å²) in [6.07, 6.45) is 0.145. The molecular formula is C18H18N2Se. The van der Waals surface area contributed by atoms with Crippen molar-refractivity contribution in [3.05, 3.63) is 71.8 Å². The van der Waals surface area contributed by atoms with Crippen LogP contribution in [0.3, 0.4) is 0 Å². The average molecular weight is 341 g/mol. The van der Waals surface area contributed by atoms with E-state index in [4.69, 9.17) is 4.99 Å². The number of hydrogen-bond acceptors (Lipinski definition) is 2. The Morgan fingerprint density at radius 3 is 2.14 bits per heavy atom. The average Bonchev–Trinajstić information content (AvgIpc) is 2.83. The standard InChI is InChI=1S/C18H18N2Se/c1-13-17(15-9-5-3-6-10-15)19-14(2)20(13)18(21)16-11-7-4-8-12-16/h3-14H,1-2H3. The van der Waals surface area contributed by atoms with Crippen molar-refractivity contribution >= 4 is 25.8 Å². The van der Waals surface area contributed by atoms with E-state index in [1.807, 2.05) is 12.1 Å². The first-order valence-corrected chi connectivity index (χ1v) is 8.05. The van der Waals surface area contributed by atoms with Crippen LogP contribution in [0.4, 0.5) is 0 Å². The Morgan fingerprint density at radius 2 is 1.52 bits per heavy atom. The second kappa shape index (κ2) is 5.97. The van der Waals surface area contributed by atoms with Crippen molar-refractivity contribution in [2.75, 3.05) is 0 Å². The van der Waals surface area contributed by atoms with E-state index in [-0.39, 0.29) is 12.2 Å². The van der Waals surface area contributed by atoms with E-state index in [9.17, 15) is 0 Å². The molecule has 0 aromatic heterocycles. The van der Waals surface area contributed by atoms with Gasteiger partial charge in [0.1, 0.15) is 0 Å². The van der Waals surface area contributed by atoms with Crippen molar-refractivity contribution in [1.29, 1.82) is 0 Å². The van der Waals surface area contributed by atoms with E-state index in [2.05, 4.69) is 82.9 Å². The Hall–Kier alpha value is -1.70. The molecule has 0 N–H and O–H groups in total. The zero-order valence-electron chi connectivity index (χ0n) is 12.2. The van der Waals surface area contributed by atoms with E-state index >= 15 is 0 Å². The van der Waals surface area contributed by atoms with Gasteiger partial charge in [-0.3, -0.25) is 0 Å². The summed E-state index contributed by atoms with van der Waals surface area (Å²) in [5.74, 6) is 0. The summed E-state index contributed by atoms with van der Waals surface area (Å²) >= 11 is 3.24. The molecular weight excluding hydrogens is 323 g/mol. The second-order valence-electron chi connectivity index (χ2n) is 5.27. The van der Waals surface area contributed by atoms with Crippen LogP contribution in [0.2, 0.25) is 0 Å². The summed E-state index contributed by atoms with van der Waals surface area (Å²) in [7, 11) is 0. The summed E-state index contributed by atoms with van der Waals surface area (Å²) in [6.45, 7) is 4.36. The van der Waals surface area contributed by atoms with Crippen molar-refractivity contribution in [1.82, 2.24) is 4.90 Å². The Balaban J connectivity index is 1.89. The molecule has 1 aliphatic rings. The van der Waals surface area contributed by atoms with Gasteiger partial charge in [-0.25, -0.2) is 0 Å². The van der Waals surface area contributed by atoms with Crippen LogP contribution >= 0.6 is 0 Å². The third-order valence-electron chi connectivity index (χ3n) is 3.87. The van der Waals surface area contributed by atoms with Crippen LogP contribution in [-0.2, 0) is 0 Å². The molecule has 2 aromatic rings. The number of rotatable bonds is 3. The fourth-order valence-corrected chi connectivity index (χ4v) is 3.76. The molecule has 1 aliphatic heterocycles. The van der Waals surface area contributed by atoms with Gasteiger partial charge in [-0.1, -0.05) is 0 Å². The third-order valence-corrected chi connectivity index (χ3v) is 4.80. The molecule has 1 heterocycles. The van der Waals surface area contributed by atoms with Gasteiger partial charge in [0.2, 0.25) is 0 Å². The number of benzene rings is 2. The zero-order chi connectivity index (χ0) is 14.8. The van der Waals surface area contributed by atoms with Crippen molar-refractivity contribution in [3.8, 4) is 0 Å². The van der Waals surface area contributed by atoms with E-state index < -0.39 is 0 Å². The molecule has 0 spiro atoms. The third kappa shape index (κ3) is 2.72. The molecule has 2 aromatic carbocycles. The molecule has 106 valence electrons. The van der Waals surface area contributed by atoms with E-state index in [1.165, 1.54) is 11.1 Å². The minimum atomic E-state index is 0.145. The van der Waals surface area contributed by atoms with E-state index in [1.54, 1.807) is 0 Å². The molecule has 21 heavy (non-hydrogen) atoms. The number of aliphatic imine (C=N–C) groups is 1. The zero-order valence-corrected chi connectivity index (χ0v) is 13.9. The molecule has 2 atom stereocenters. The van der Waals surface area contributed by atoms with Crippen molar-refractivity contribution < 1.29 is 0 Å². The van der Waals surface area contributed by atoms with Crippen LogP contribution in [0.15, 0.2) is 65.7 Å². The topological polar surface area (TPSA) is 15.6 Å². The Morgan fingerprint density at radius 1 is 0.952 bits per heavy atom. The SMILES string of the molecule is CC1N=C(c2ccccc2)C(C)N1C(=[Se])c1ccccc1. The molecule has 0 aliphatic carbocycles. The van der Waals surface area contributed by atoms with Crippen LogP contribution in [0, 0.1) is 0 Å². The predicted molar refractivity (Wildman–Crippen MR) is 90.0 cm³/mol. The summed E-state index contributed by atoms with van der Waals surface area (Å²) < 4.78 is 1.16. The molecule has 0 radical (unpaired) electrons. The fraction of sp³-hybridized carbons (Fsp3) is 0.222. The Kier molecular flexibility index (Phi) is 4.05. The molecule has 0 amide bonds. The fourth-order valence-electron chi connectivity index (χ4n) is 2.83. The van der Waals surface area contributed by atoms with E-state index in [0.717, 1.165) is 10.3 Å². The first-order valence-electron chi connectivity index (χ1n) is 7.19. The second-order valence-corrected chi connectivity index (χ2v) is 6.08. The molecule has 0 saturated carbocycles. The summed E-state index contributed by atoms with van der Waals surface area (Å²) in [5.41, 5.74) is 3.58. The minimum absolute atomic E-state index is 0.145. The van der Waals surface area contributed by atoms with Crippen LogP contribution in [-0.4, -0.2) is 42.9 Å². The Labute approximate surface area is 133 Å². The maximum absolute atomic E-state index is 4.87. The molecule has 0 bridgehead atoms. The van der Waals surface area contributed by atoms with Crippen LogP contribution in [0.1, 0.15) is 25.0 Å². The van der Waals surface area contributed by atoms with Gasteiger partial charge in [-0.2, -0.15) is 0 Å². The summed E-state index contributed by atoms with van der Waals surface area (Å²) in [6, 6.07) is 21.1. The first kappa shape index (κ1) is 14.2. The van der Waals surface area contributed by atoms with Crippen LogP contribution in [0.25, 0.3) is 0 Å². The normalized spacial score (nSPS) is 21.2. The van der Waals surface area contributed by atoms with Gasteiger partial charge in [0.25, 0.3) is 0 Å². The van der Waals surface area contributed by atoms with Gasteiger partial charge in [0.15, 0.2) is 0 Å². The van der Waals surface area contributed by atoms with Crippen molar-refractivity contribution in [2.24, 2.45) is 4.99 Å². The molecule has 3 heteroatoms. The van der Waals surface area contributed by atoms with E-state index in [0.29, 0.717) is 0 Å². The summed E-state index contributed by atoms with van der Waals surface area (Å²) in [5, 5.41) is 0. The van der Waals surface area contributed by atoms with Crippen molar-refractivity contribution in [3.63, 3.8) is 0 Å². The van der Waals surface area contributed by atoms with Gasteiger partial charge >= 0.3 is 134 Å². The van der Waals surface area contributed by atoms with Crippen LogP contribution < -0.4 is 0 Å². The molecule has 0 fully saturated rings. The van der Waals surface area contributed by atoms with Gasteiger partial charge in [-0.15, -0.1) is 0 Å². The molecule has 2 nitrogen and oxygen atoms in total. The van der Waals surface area contributed by atoms with Crippen molar-refractivity contribution in [2.45, 2.75) is 26.1 Å². The predicted octanol–water partition coefficient (Wildman–Crippen LogP) is 2.87. The quantitative estimate of drug-likeness (QED) is 0.784. The number of hydrogen-bond donors (Lipinski definition) is 0.